The van der Waals surface area contributed by atoms with Gasteiger partial charge in [-0.25, -0.2) is 22.9 Å². The molecule has 0 bridgehead atoms. The second-order valence-electron chi connectivity index (χ2n) is 8.60. The average Bonchev–Trinajstić information content (AvgIpc) is 2.93. The Hall–Kier alpha value is -4.25. The van der Waals surface area contributed by atoms with Gasteiger partial charge in [0.05, 0.1) is 23.2 Å². The molecule has 1 aromatic heterocycles. The first kappa shape index (κ1) is 29.3. The molecule has 0 radical (unpaired) electrons. The minimum absolute atomic E-state index is 0.0148. The van der Waals surface area contributed by atoms with Gasteiger partial charge in [-0.05, 0) is 80.8 Å². The maximum absolute atomic E-state index is 12.7. The van der Waals surface area contributed by atoms with E-state index in [1.165, 1.54) is 24.3 Å². The van der Waals surface area contributed by atoms with Crippen LogP contribution in [0.4, 0.5) is 0 Å². The first-order chi connectivity index (χ1) is 18.6. The average molecular weight is 554 g/mol. The van der Waals surface area contributed by atoms with Crippen LogP contribution in [0.2, 0.25) is 0 Å². The second-order valence-corrected chi connectivity index (χ2v) is 10.3. The van der Waals surface area contributed by atoms with Gasteiger partial charge in [0, 0.05) is 18.3 Å². The number of amides is 2. The monoisotopic (exact) mass is 553 g/mol. The summed E-state index contributed by atoms with van der Waals surface area (Å²) in [4.78, 5) is 40.6. The molecular weight excluding hydrogens is 522 g/mol. The quantitative estimate of drug-likeness (QED) is 0.325. The van der Waals surface area contributed by atoms with E-state index < -0.39 is 21.9 Å². The van der Waals surface area contributed by atoms with Crippen LogP contribution in [0.3, 0.4) is 0 Å². The molecule has 0 aliphatic rings. The molecule has 11 heteroatoms. The van der Waals surface area contributed by atoms with Crippen LogP contribution >= 0.6 is 0 Å². The molecule has 0 spiro atoms. The number of nitrogens with one attached hydrogen (secondary N) is 2. The number of nitrogens with zero attached hydrogens (tertiary/aromatic N) is 1. The van der Waals surface area contributed by atoms with E-state index in [4.69, 9.17) is 9.47 Å². The van der Waals surface area contributed by atoms with Crippen LogP contribution in [0.25, 0.3) is 0 Å². The van der Waals surface area contributed by atoms with Crippen LogP contribution < -0.4 is 14.8 Å². The lowest BCUT2D eigenvalue weighted by Crippen LogP contribution is -2.30. The lowest BCUT2D eigenvalue weighted by Gasteiger charge is -2.11. The van der Waals surface area contributed by atoms with Gasteiger partial charge in [-0.15, -0.1) is 0 Å². The molecule has 3 aromatic rings. The number of carbonyl (C=O) groups is 3. The topological polar surface area (TPSA) is 141 Å². The zero-order valence-corrected chi connectivity index (χ0v) is 22.8. The summed E-state index contributed by atoms with van der Waals surface area (Å²) in [6.45, 7) is 6.40. The first-order valence-electron chi connectivity index (χ1n) is 12.5. The highest BCUT2D eigenvalue weighted by atomic mass is 32.2. The molecule has 2 amide bonds. The van der Waals surface area contributed by atoms with Gasteiger partial charge in [-0.1, -0.05) is 19.1 Å². The third-order valence-electron chi connectivity index (χ3n) is 5.71. The lowest BCUT2D eigenvalue weighted by molar-refractivity contribution is 0.0327. The molecule has 1 unspecified atom stereocenters. The number of hydrogen-bond donors (Lipinski definition) is 2. The Bertz CT molecular complexity index is 1390. The first-order valence-corrected chi connectivity index (χ1v) is 14.0. The van der Waals surface area contributed by atoms with Crippen molar-refractivity contribution in [1.82, 2.24) is 15.0 Å². The summed E-state index contributed by atoms with van der Waals surface area (Å²) in [5.74, 6) is -1.05. The zero-order chi connectivity index (χ0) is 28.4. The van der Waals surface area contributed by atoms with E-state index in [2.05, 4.69) is 10.3 Å². The summed E-state index contributed by atoms with van der Waals surface area (Å²) in [6, 6.07) is 15.4. The van der Waals surface area contributed by atoms with Crippen LogP contribution in [0.5, 0.6) is 5.75 Å². The fourth-order valence-electron chi connectivity index (χ4n) is 3.34. The SMILES string of the molecule is CCOc1ccc(C(=O)NCCc2ccc(S(=O)(=O)NC(=O)c3ccc(C(=O)OC(C)CC)nc3)cc2)cc1. The van der Waals surface area contributed by atoms with Gasteiger partial charge in [-0.2, -0.15) is 0 Å². The van der Waals surface area contributed by atoms with Crippen molar-refractivity contribution in [2.45, 2.75) is 44.6 Å². The number of carbonyl (C=O) groups excluding carboxylic acids is 3. The fourth-order valence-corrected chi connectivity index (χ4v) is 4.32. The van der Waals surface area contributed by atoms with Gasteiger partial charge in [0.25, 0.3) is 21.8 Å². The lowest BCUT2D eigenvalue weighted by atomic mass is 10.1. The Labute approximate surface area is 227 Å². The summed E-state index contributed by atoms with van der Waals surface area (Å²) in [7, 11) is -4.15. The maximum atomic E-state index is 12.7. The van der Waals surface area contributed by atoms with Crippen molar-refractivity contribution in [3.63, 3.8) is 0 Å². The van der Waals surface area contributed by atoms with Crippen LogP contribution in [-0.4, -0.2) is 50.4 Å². The van der Waals surface area contributed by atoms with Gasteiger partial charge in [0.1, 0.15) is 11.4 Å². The summed E-state index contributed by atoms with van der Waals surface area (Å²) in [5.41, 5.74) is 1.29. The predicted molar refractivity (Wildman–Crippen MR) is 144 cm³/mol. The molecule has 1 atom stereocenters. The molecule has 206 valence electrons. The molecule has 10 nitrogen and oxygen atoms in total. The molecular formula is C28H31N3O7S. The van der Waals surface area contributed by atoms with Gasteiger partial charge in [-0.3, -0.25) is 9.59 Å². The van der Waals surface area contributed by atoms with Crippen molar-refractivity contribution in [1.29, 1.82) is 0 Å². The summed E-state index contributed by atoms with van der Waals surface area (Å²) in [5, 5.41) is 2.82. The third kappa shape index (κ3) is 8.37. The molecule has 0 fully saturated rings. The smallest absolute Gasteiger partial charge is 0.357 e. The fraction of sp³-hybridized carbons (Fsp3) is 0.286. The Morgan fingerprint density at radius 3 is 2.15 bits per heavy atom. The van der Waals surface area contributed by atoms with E-state index in [1.54, 1.807) is 43.3 Å². The standard InChI is InChI=1S/C28H31N3O7S/c1-4-19(3)38-28(34)25-15-10-22(18-30-25)27(33)31-39(35,36)24-13-6-20(7-14-24)16-17-29-26(32)21-8-11-23(12-9-21)37-5-2/h6-15,18-19H,4-5,16-17H2,1-3H3,(H,29,32)(H,31,33). The van der Waals surface area contributed by atoms with Gasteiger partial charge in [0.15, 0.2) is 0 Å². The molecule has 39 heavy (non-hydrogen) atoms. The number of aromatic nitrogens is 1. The van der Waals surface area contributed by atoms with Gasteiger partial charge < -0.3 is 14.8 Å². The largest absolute Gasteiger partial charge is 0.494 e. The summed E-state index contributed by atoms with van der Waals surface area (Å²) >= 11 is 0. The second kappa shape index (κ2) is 13.5. The van der Waals surface area contributed by atoms with E-state index in [9.17, 15) is 22.8 Å². The maximum Gasteiger partial charge on any atom is 0.357 e. The van der Waals surface area contributed by atoms with E-state index in [0.29, 0.717) is 37.3 Å². The third-order valence-corrected chi connectivity index (χ3v) is 7.05. The summed E-state index contributed by atoms with van der Waals surface area (Å²) < 4.78 is 37.9. The van der Waals surface area contributed by atoms with Gasteiger partial charge >= 0.3 is 5.97 Å². The number of benzene rings is 2. The molecule has 2 aromatic carbocycles. The number of ether oxygens (including phenoxy) is 2. The van der Waals surface area contributed by atoms with Gasteiger partial charge in [0.2, 0.25) is 0 Å². The zero-order valence-electron chi connectivity index (χ0n) is 22.0. The van der Waals surface area contributed by atoms with Crippen molar-refractivity contribution < 1.29 is 32.3 Å². The van der Waals surface area contributed by atoms with E-state index in [-0.39, 0.29) is 28.2 Å². The van der Waals surface area contributed by atoms with Crippen LogP contribution in [0, 0.1) is 0 Å². The Morgan fingerprint density at radius 2 is 1.56 bits per heavy atom. The summed E-state index contributed by atoms with van der Waals surface area (Å²) in [6.07, 6.45) is 1.96. The molecule has 0 saturated carbocycles. The number of esters is 1. The van der Waals surface area contributed by atoms with Crippen LogP contribution in [-0.2, 0) is 21.2 Å². The van der Waals surface area contributed by atoms with E-state index in [0.717, 1.165) is 11.8 Å². The van der Waals surface area contributed by atoms with Crippen molar-refractivity contribution in [2.24, 2.45) is 0 Å². The Balaban J connectivity index is 1.52. The number of rotatable bonds is 12. The number of hydrogen-bond acceptors (Lipinski definition) is 8. The number of sulfonamides is 1. The van der Waals surface area contributed by atoms with E-state index in [1.807, 2.05) is 18.6 Å². The van der Waals surface area contributed by atoms with Crippen LogP contribution in [0.15, 0.2) is 71.8 Å². The van der Waals surface area contributed by atoms with E-state index >= 15 is 0 Å². The molecule has 0 aliphatic carbocycles. The molecule has 0 saturated heterocycles. The highest BCUT2D eigenvalue weighted by Gasteiger charge is 2.20. The highest BCUT2D eigenvalue weighted by Crippen LogP contribution is 2.14. The molecule has 3 rings (SSSR count). The number of pyridine rings is 1. The Kier molecular flexibility index (Phi) is 10.2. The van der Waals surface area contributed by atoms with Crippen molar-refractivity contribution in [3.05, 3.63) is 89.2 Å². The molecule has 1 heterocycles. The molecule has 2 N–H and O–H groups in total. The highest BCUT2D eigenvalue weighted by molar-refractivity contribution is 7.90. The van der Waals surface area contributed by atoms with Crippen molar-refractivity contribution >= 4 is 27.8 Å². The molecule has 0 aliphatic heterocycles. The normalized spacial score (nSPS) is 11.8. The minimum Gasteiger partial charge on any atom is -0.494 e. The predicted octanol–water partition coefficient (Wildman–Crippen LogP) is 3.53. The van der Waals surface area contributed by atoms with Crippen molar-refractivity contribution in [2.75, 3.05) is 13.2 Å². The Morgan fingerprint density at radius 1 is 0.897 bits per heavy atom. The minimum atomic E-state index is -4.15. The van der Waals surface area contributed by atoms with Crippen LogP contribution in [0.1, 0.15) is 64.0 Å². The van der Waals surface area contributed by atoms with Crippen molar-refractivity contribution in [3.8, 4) is 5.75 Å².